The zero-order valence-corrected chi connectivity index (χ0v) is 19.7. The molecule has 1 unspecified atom stereocenters. The molecule has 0 bridgehead atoms. The van der Waals surface area contributed by atoms with Crippen molar-refractivity contribution in [2.45, 2.75) is 28.0 Å². The Morgan fingerprint density at radius 3 is 2.36 bits per heavy atom. The summed E-state index contributed by atoms with van der Waals surface area (Å²) in [6.45, 7) is -0.615. The minimum Gasteiger partial charge on any atom is -0.359 e. The van der Waals surface area contributed by atoms with Gasteiger partial charge in [0.25, 0.3) is 5.92 Å². The number of piperidine rings is 1. The molecule has 2 aliphatic rings. The molecule has 2 atom stereocenters. The summed E-state index contributed by atoms with van der Waals surface area (Å²) in [6, 6.07) is 16.1. The molecule has 4 nitrogen and oxygen atoms in total. The van der Waals surface area contributed by atoms with Crippen molar-refractivity contribution in [3.63, 3.8) is 0 Å². The van der Waals surface area contributed by atoms with Crippen molar-refractivity contribution in [3.8, 4) is 0 Å². The average molecular weight is 505 g/mol. The number of hydrogen-bond donors (Lipinski definition) is 1. The van der Waals surface area contributed by atoms with Gasteiger partial charge in [0.05, 0.1) is 23.7 Å². The van der Waals surface area contributed by atoms with Crippen LogP contribution in [0.15, 0.2) is 70.3 Å². The first-order valence-electron chi connectivity index (χ1n) is 10.3. The summed E-state index contributed by atoms with van der Waals surface area (Å²) < 4.78 is 26.5. The van der Waals surface area contributed by atoms with Crippen molar-refractivity contribution in [2.75, 3.05) is 18.0 Å². The summed E-state index contributed by atoms with van der Waals surface area (Å²) in [6.07, 6.45) is 0.0821. The Morgan fingerprint density at radius 1 is 1.03 bits per heavy atom. The molecule has 2 saturated heterocycles. The Kier molecular flexibility index (Phi) is 5.71. The normalized spacial score (nSPS) is 24.3. The first kappa shape index (κ1) is 22.4. The maximum absolute atomic E-state index is 13.3. The minimum atomic E-state index is -2.66. The molecule has 0 spiro atoms. The molecule has 3 heterocycles. The van der Waals surface area contributed by atoms with E-state index in [2.05, 4.69) is 5.32 Å². The van der Waals surface area contributed by atoms with E-state index in [0.29, 0.717) is 15.6 Å². The molecule has 5 rings (SSSR count). The second-order valence-electron chi connectivity index (χ2n) is 8.24. The van der Waals surface area contributed by atoms with E-state index >= 15 is 0 Å². The molecular formula is C24H19ClF2N2O2S2. The molecule has 3 aromatic rings. The number of thioether (sulfide) groups is 1. The first-order valence-corrected chi connectivity index (χ1v) is 12.5. The predicted molar refractivity (Wildman–Crippen MR) is 128 cm³/mol. The van der Waals surface area contributed by atoms with Gasteiger partial charge in [-0.25, -0.2) is 8.78 Å². The minimum absolute atomic E-state index is 0.0821. The van der Waals surface area contributed by atoms with Crippen LogP contribution in [-0.4, -0.2) is 36.0 Å². The van der Waals surface area contributed by atoms with Gasteiger partial charge in [-0.3, -0.25) is 9.59 Å². The fourth-order valence-corrected chi connectivity index (χ4v) is 6.25. The van der Waals surface area contributed by atoms with E-state index in [0.717, 1.165) is 22.9 Å². The van der Waals surface area contributed by atoms with Gasteiger partial charge in [0, 0.05) is 17.0 Å². The van der Waals surface area contributed by atoms with Gasteiger partial charge in [0.2, 0.25) is 5.91 Å². The van der Waals surface area contributed by atoms with Crippen LogP contribution in [-0.2, 0) is 15.1 Å². The molecule has 0 saturated carbocycles. The number of Topliss-reactive ketones (excluding diaryl/α,β-unsaturated/α-hetero) is 1. The van der Waals surface area contributed by atoms with Gasteiger partial charge in [-0.15, -0.1) is 11.8 Å². The van der Waals surface area contributed by atoms with Crippen molar-refractivity contribution in [1.82, 2.24) is 5.32 Å². The van der Waals surface area contributed by atoms with Gasteiger partial charge in [-0.1, -0.05) is 35.9 Å². The molecule has 0 radical (unpaired) electrons. The molecular weight excluding hydrogens is 486 g/mol. The summed E-state index contributed by atoms with van der Waals surface area (Å²) in [5.74, 6) is -3.23. The van der Waals surface area contributed by atoms with Crippen LogP contribution in [0.25, 0.3) is 0 Å². The van der Waals surface area contributed by atoms with Crippen LogP contribution in [0, 0.1) is 0 Å². The largest absolute Gasteiger partial charge is 0.359 e. The SMILES string of the molecule is O=C1CC(c2ccc(N3CC(F)(F)C3)cc2)(c2ccsc2)NC(=O)[C@@H]1Sc1ccccc1Cl. The van der Waals surface area contributed by atoms with Gasteiger partial charge in [-0.05, 0) is 52.2 Å². The lowest BCUT2D eigenvalue weighted by atomic mass is 9.77. The zero-order chi connectivity index (χ0) is 23.2. The van der Waals surface area contributed by atoms with Crippen molar-refractivity contribution in [3.05, 3.63) is 81.5 Å². The number of hydrogen-bond acceptors (Lipinski definition) is 5. The van der Waals surface area contributed by atoms with E-state index in [9.17, 15) is 18.4 Å². The first-order chi connectivity index (χ1) is 15.8. The molecule has 2 aliphatic heterocycles. The fourth-order valence-electron chi connectivity index (χ4n) is 4.28. The number of amides is 1. The van der Waals surface area contributed by atoms with E-state index < -0.39 is 16.7 Å². The van der Waals surface area contributed by atoms with Gasteiger partial charge in [0.1, 0.15) is 5.25 Å². The zero-order valence-electron chi connectivity index (χ0n) is 17.3. The van der Waals surface area contributed by atoms with Crippen molar-refractivity contribution >= 4 is 52.1 Å². The molecule has 1 aromatic heterocycles. The third-order valence-electron chi connectivity index (χ3n) is 5.97. The molecule has 33 heavy (non-hydrogen) atoms. The molecule has 1 N–H and O–H groups in total. The lowest BCUT2D eigenvalue weighted by molar-refractivity contribution is -0.132. The van der Waals surface area contributed by atoms with E-state index in [1.165, 1.54) is 11.3 Å². The number of carbonyl (C=O) groups excluding carboxylic acids is 2. The van der Waals surface area contributed by atoms with Crippen molar-refractivity contribution < 1.29 is 18.4 Å². The number of anilines is 1. The Balaban J connectivity index is 1.44. The van der Waals surface area contributed by atoms with Crippen LogP contribution in [0.5, 0.6) is 0 Å². The van der Waals surface area contributed by atoms with E-state index in [4.69, 9.17) is 11.6 Å². The lowest BCUT2D eigenvalue weighted by Crippen LogP contribution is -2.58. The molecule has 170 valence electrons. The second kappa shape index (κ2) is 8.42. The molecule has 2 aromatic carbocycles. The number of nitrogens with zero attached hydrogens (tertiary/aromatic N) is 1. The molecule has 1 amide bonds. The predicted octanol–water partition coefficient (Wildman–Crippen LogP) is 5.35. The highest BCUT2D eigenvalue weighted by atomic mass is 35.5. The smallest absolute Gasteiger partial charge is 0.282 e. The van der Waals surface area contributed by atoms with Crippen LogP contribution in [0.2, 0.25) is 5.02 Å². The van der Waals surface area contributed by atoms with Crippen molar-refractivity contribution in [2.24, 2.45) is 0 Å². The number of nitrogens with one attached hydrogen (secondary N) is 1. The average Bonchev–Trinajstić information content (AvgIpc) is 3.31. The summed E-state index contributed by atoms with van der Waals surface area (Å²) in [5, 5.41) is 6.51. The van der Waals surface area contributed by atoms with E-state index in [-0.39, 0.29) is 31.2 Å². The Bertz CT molecular complexity index is 1180. The van der Waals surface area contributed by atoms with Crippen molar-refractivity contribution in [1.29, 1.82) is 0 Å². The standard InChI is InChI=1S/C24H19ClF2N2O2S2/c25-18-3-1-2-4-20(18)33-21-19(30)11-24(28-22(21)31,16-9-10-32-12-16)15-5-7-17(8-6-15)29-13-23(26,27)14-29/h1-10,12,21H,11,13-14H2,(H,28,31)/t21-,24?/m1/s1. The summed E-state index contributed by atoms with van der Waals surface area (Å²) >= 11 is 8.86. The van der Waals surface area contributed by atoms with E-state index in [1.807, 2.05) is 22.9 Å². The van der Waals surface area contributed by atoms with Crippen LogP contribution < -0.4 is 10.2 Å². The summed E-state index contributed by atoms with van der Waals surface area (Å²) in [7, 11) is 0. The highest BCUT2D eigenvalue weighted by Crippen LogP contribution is 2.42. The van der Waals surface area contributed by atoms with Crippen LogP contribution >= 0.6 is 34.7 Å². The van der Waals surface area contributed by atoms with Gasteiger partial charge in [0.15, 0.2) is 5.78 Å². The highest BCUT2D eigenvalue weighted by molar-refractivity contribution is 8.01. The lowest BCUT2D eigenvalue weighted by Gasteiger charge is -2.42. The second-order valence-corrected chi connectivity index (χ2v) is 10.6. The van der Waals surface area contributed by atoms with Crippen LogP contribution in [0.4, 0.5) is 14.5 Å². The number of rotatable bonds is 5. The summed E-state index contributed by atoms with van der Waals surface area (Å²) in [4.78, 5) is 28.8. The Hall–Kier alpha value is -2.42. The third-order valence-corrected chi connectivity index (χ3v) is 8.42. The van der Waals surface area contributed by atoms with Gasteiger partial charge < -0.3 is 10.2 Å². The van der Waals surface area contributed by atoms with E-state index in [1.54, 1.807) is 47.4 Å². The molecule has 2 fully saturated rings. The van der Waals surface area contributed by atoms with Crippen LogP contribution in [0.1, 0.15) is 17.5 Å². The monoisotopic (exact) mass is 504 g/mol. The number of thiophene rings is 1. The number of alkyl halides is 2. The number of benzene rings is 2. The maximum atomic E-state index is 13.3. The Labute approximate surface area is 202 Å². The molecule has 0 aliphatic carbocycles. The Morgan fingerprint density at radius 2 is 1.76 bits per heavy atom. The van der Waals surface area contributed by atoms with Gasteiger partial charge in [-0.2, -0.15) is 11.3 Å². The quantitative estimate of drug-likeness (QED) is 0.476. The highest BCUT2D eigenvalue weighted by Gasteiger charge is 2.48. The van der Waals surface area contributed by atoms with Gasteiger partial charge >= 0.3 is 0 Å². The summed E-state index contributed by atoms with van der Waals surface area (Å²) in [5.41, 5.74) is 1.23. The maximum Gasteiger partial charge on any atom is 0.282 e. The number of halogens is 3. The fraction of sp³-hybridized carbons (Fsp3) is 0.250. The third kappa shape index (κ3) is 4.16. The van der Waals surface area contributed by atoms with Crippen LogP contribution in [0.3, 0.4) is 0 Å². The molecule has 9 heteroatoms. The number of ketones is 1. The number of carbonyl (C=O) groups is 2. The topological polar surface area (TPSA) is 49.4 Å².